The molecule has 1 atom stereocenters. The van der Waals surface area contributed by atoms with E-state index >= 15 is 0 Å². The summed E-state index contributed by atoms with van der Waals surface area (Å²) in [6.07, 6.45) is 9.43. The van der Waals surface area contributed by atoms with E-state index in [9.17, 15) is 9.90 Å². The number of anilines is 1. The highest BCUT2D eigenvalue weighted by Gasteiger charge is 2.26. The third-order valence-corrected chi connectivity index (χ3v) is 5.63. The van der Waals surface area contributed by atoms with Gasteiger partial charge < -0.3 is 16.2 Å². The lowest BCUT2D eigenvalue weighted by molar-refractivity contribution is 0.0997. The maximum absolute atomic E-state index is 11.7. The number of nitrogens with one attached hydrogen (secondary N) is 1. The Labute approximate surface area is 143 Å². The van der Waals surface area contributed by atoms with E-state index in [1.54, 1.807) is 6.20 Å². The maximum atomic E-state index is 11.7. The Morgan fingerprint density at radius 3 is 2.62 bits per heavy atom. The molecule has 2 aliphatic rings. The highest BCUT2D eigenvalue weighted by molar-refractivity contribution is 5.93. The Hall–Kier alpha value is -1.69. The second kappa shape index (κ2) is 7.47. The van der Waals surface area contributed by atoms with Crippen molar-refractivity contribution >= 4 is 11.9 Å². The van der Waals surface area contributed by atoms with Crippen molar-refractivity contribution in [1.29, 1.82) is 0 Å². The molecule has 6 nitrogen and oxygen atoms in total. The standard InChI is InChI=1S/C18H28N4O2/c1-11(12-3-2-4-12)9-16-15(17(19)24)10-20-18(22-16)21-13-5-7-14(23)8-6-13/h10-14,23H,2-9H2,1H3,(H2,19,24)(H,20,21,22)/t11-,13?,14?/m0/s1. The Morgan fingerprint density at radius 2 is 2.04 bits per heavy atom. The molecular weight excluding hydrogens is 304 g/mol. The number of aliphatic hydroxyl groups excluding tert-OH is 1. The number of hydrogen-bond donors (Lipinski definition) is 3. The highest BCUT2D eigenvalue weighted by Crippen LogP contribution is 2.35. The smallest absolute Gasteiger partial charge is 0.252 e. The number of nitrogens with two attached hydrogens (primary N) is 1. The van der Waals surface area contributed by atoms with E-state index in [2.05, 4.69) is 22.2 Å². The number of rotatable bonds is 6. The average molecular weight is 332 g/mol. The third-order valence-electron chi connectivity index (χ3n) is 5.63. The van der Waals surface area contributed by atoms with Gasteiger partial charge in [-0.25, -0.2) is 9.97 Å². The summed E-state index contributed by atoms with van der Waals surface area (Å²) < 4.78 is 0. The molecule has 6 heteroatoms. The van der Waals surface area contributed by atoms with E-state index in [-0.39, 0.29) is 12.1 Å². The number of aromatic nitrogens is 2. The van der Waals surface area contributed by atoms with Crippen molar-refractivity contribution in [2.24, 2.45) is 17.6 Å². The number of carbonyl (C=O) groups excluding carboxylic acids is 1. The van der Waals surface area contributed by atoms with Crippen LogP contribution in [0.2, 0.25) is 0 Å². The summed E-state index contributed by atoms with van der Waals surface area (Å²) in [6.45, 7) is 2.23. The van der Waals surface area contributed by atoms with Crippen molar-refractivity contribution in [2.75, 3.05) is 5.32 Å². The van der Waals surface area contributed by atoms with Crippen LogP contribution < -0.4 is 11.1 Å². The predicted molar refractivity (Wildman–Crippen MR) is 92.6 cm³/mol. The van der Waals surface area contributed by atoms with Crippen LogP contribution in [0, 0.1) is 11.8 Å². The third kappa shape index (κ3) is 4.04. The Balaban J connectivity index is 1.71. The molecule has 2 fully saturated rings. The Morgan fingerprint density at radius 1 is 1.33 bits per heavy atom. The summed E-state index contributed by atoms with van der Waals surface area (Å²) in [4.78, 5) is 20.6. The quantitative estimate of drug-likeness (QED) is 0.742. The lowest BCUT2D eigenvalue weighted by Crippen LogP contribution is -2.29. The molecule has 0 spiro atoms. The van der Waals surface area contributed by atoms with Crippen LogP contribution in [-0.2, 0) is 6.42 Å². The van der Waals surface area contributed by atoms with Gasteiger partial charge in [-0.2, -0.15) is 0 Å². The molecular formula is C18H28N4O2. The van der Waals surface area contributed by atoms with E-state index in [0.717, 1.165) is 43.7 Å². The van der Waals surface area contributed by atoms with Crippen LogP contribution in [0.1, 0.15) is 67.9 Å². The second-order valence-electron chi connectivity index (χ2n) is 7.44. The van der Waals surface area contributed by atoms with Crippen LogP contribution in [-0.4, -0.2) is 33.1 Å². The topological polar surface area (TPSA) is 101 Å². The van der Waals surface area contributed by atoms with E-state index < -0.39 is 5.91 Å². The number of hydrogen-bond acceptors (Lipinski definition) is 5. The summed E-state index contributed by atoms with van der Waals surface area (Å²) in [5, 5.41) is 13.0. The van der Waals surface area contributed by atoms with Gasteiger partial charge in [-0.1, -0.05) is 26.2 Å². The van der Waals surface area contributed by atoms with E-state index in [0.29, 0.717) is 17.4 Å². The fourth-order valence-electron chi connectivity index (χ4n) is 3.73. The first kappa shape index (κ1) is 17.1. The van der Waals surface area contributed by atoms with Gasteiger partial charge in [0.05, 0.1) is 17.4 Å². The molecule has 2 aliphatic carbocycles. The van der Waals surface area contributed by atoms with Crippen LogP contribution in [0.5, 0.6) is 0 Å². The first-order chi connectivity index (χ1) is 11.5. The van der Waals surface area contributed by atoms with Gasteiger partial charge in [-0.15, -0.1) is 0 Å². The van der Waals surface area contributed by atoms with Crippen molar-refractivity contribution in [3.05, 3.63) is 17.5 Å². The lowest BCUT2D eigenvalue weighted by Gasteiger charge is -2.31. The van der Waals surface area contributed by atoms with E-state index in [1.165, 1.54) is 19.3 Å². The largest absolute Gasteiger partial charge is 0.393 e. The molecule has 0 radical (unpaired) electrons. The molecule has 0 saturated heterocycles. The molecule has 3 rings (SSSR count). The zero-order valence-corrected chi connectivity index (χ0v) is 14.4. The first-order valence-corrected chi connectivity index (χ1v) is 9.13. The zero-order valence-electron chi connectivity index (χ0n) is 14.4. The summed E-state index contributed by atoms with van der Waals surface area (Å²) in [7, 11) is 0. The van der Waals surface area contributed by atoms with Crippen molar-refractivity contribution in [1.82, 2.24) is 9.97 Å². The molecule has 0 bridgehead atoms. The van der Waals surface area contributed by atoms with Gasteiger partial charge in [0.15, 0.2) is 0 Å². The van der Waals surface area contributed by atoms with E-state index in [4.69, 9.17) is 5.73 Å². The summed E-state index contributed by atoms with van der Waals surface area (Å²) in [5.41, 5.74) is 6.69. The van der Waals surface area contributed by atoms with Gasteiger partial charge in [-0.05, 0) is 43.9 Å². The van der Waals surface area contributed by atoms with Crippen molar-refractivity contribution < 1.29 is 9.90 Å². The van der Waals surface area contributed by atoms with Crippen LogP contribution in [0.3, 0.4) is 0 Å². The van der Waals surface area contributed by atoms with Crippen molar-refractivity contribution in [3.63, 3.8) is 0 Å². The molecule has 1 aromatic heterocycles. The van der Waals surface area contributed by atoms with Crippen molar-refractivity contribution in [3.8, 4) is 0 Å². The molecule has 0 aliphatic heterocycles. The molecule has 1 aromatic rings. The lowest BCUT2D eigenvalue weighted by atomic mass is 9.75. The molecule has 24 heavy (non-hydrogen) atoms. The first-order valence-electron chi connectivity index (χ1n) is 9.13. The number of amides is 1. The fourth-order valence-corrected chi connectivity index (χ4v) is 3.73. The maximum Gasteiger partial charge on any atom is 0.252 e. The highest BCUT2D eigenvalue weighted by atomic mass is 16.3. The minimum absolute atomic E-state index is 0.180. The second-order valence-corrected chi connectivity index (χ2v) is 7.44. The summed E-state index contributed by atoms with van der Waals surface area (Å²) >= 11 is 0. The van der Waals surface area contributed by atoms with Gasteiger partial charge in [0.1, 0.15) is 0 Å². The van der Waals surface area contributed by atoms with Crippen LogP contribution in [0.15, 0.2) is 6.20 Å². The monoisotopic (exact) mass is 332 g/mol. The van der Waals surface area contributed by atoms with Gasteiger partial charge in [0.25, 0.3) is 5.91 Å². The summed E-state index contributed by atoms with van der Waals surface area (Å²) in [6, 6.07) is 0.282. The average Bonchev–Trinajstić information content (AvgIpc) is 2.47. The van der Waals surface area contributed by atoms with Crippen LogP contribution in [0.4, 0.5) is 5.95 Å². The predicted octanol–water partition coefficient (Wildman–Crippen LogP) is 2.27. The molecule has 0 unspecified atom stereocenters. The molecule has 132 valence electrons. The van der Waals surface area contributed by atoms with Crippen LogP contribution >= 0.6 is 0 Å². The van der Waals surface area contributed by atoms with Crippen LogP contribution in [0.25, 0.3) is 0 Å². The fraction of sp³-hybridized carbons (Fsp3) is 0.722. The SMILES string of the molecule is C[C@@H](Cc1nc(NC2CCC(O)CC2)ncc1C(N)=O)C1CCC1. The van der Waals surface area contributed by atoms with Crippen molar-refractivity contribution in [2.45, 2.75) is 70.4 Å². The molecule has 1 amide bonds. The molecule has 1 heterocycles. The minimum atomic E-state index is -0.460. The zero-order chi connectivity index (χ0) is 17.1. The van der Waals surface area contributed by atoms with Gasteiger partial charge in [-0.3, -0.25) is 4.79 Å². The number of aliphatic hydroxyl groups is 1. The molecule has 0 aromatic carbocycles. The summed E-state index contributed by atoms with van der Waals surface area (Å²) in [5.74, 6) is 1.34. The van der Waals surface area contributed by atoms with Gasteiger partial charge in [0, 0.05) is 12.2 Å². The number of primary amides is 1. The molecule has 2 saturated carbocycles. The normalized spacial score (nSPS) is 25.8. The van der Waals surface area contributed by atoms with Gasteiger partial charge in [0.2, 0.25) is 5.95 Å². The molecule has 4 N–H and O–H groups in total. The Bertz CT molecular complexity index is 580. The number of nitrogens with zero attached hydrogens (tertiary/aromatic N) is 2. The van der Waals surface area contributed by atoms with E-state index in [1.807, 2.05) is 0 Å². The van der Waals surface area contributed by atoms with Gasteiger partial charge >= 0.3 is 0 Å². The number of carbonyl (C=O) groups is 1. The Kier molecular flexibility index (Phi) is 5.33. The minimum Gasteiger partial charge on any atom is -0.393 e.